The highest BCUT2D eigenvalue weighted by atomic mass is 19.4. The van der Waals surface area contributed by atoms with Crippen LogP contribution >= 0.6 is 0 Å². The summed E-state index contributed by atoms with van der Waals surface area (Å²) in [7, 11) is 1.17. The van der Waals surface area contributed by atoms with E-state index in [1.165, 1.54) is 50.5 Å². The standard InChI is InChI=1S/C36H23F10NO5/c1-16-9-17(32(48)49)3-5-22(16)24-14-26(30(51-2)15-27(24)37)23-6-4-19(34(38,39)40)13-25(23)28-7-8-29-31(52-33(50)47(28)29)18-10-20(35(41,42)43)12-21(11-18)36(44,45)46/h3-15,28-29,31H,1-2H3,(H,48,49)/t28-,29?,31+/m0/s1. The minimum Gasteiger partial charge on any atom is -0.496 e. The van der Waals surface area contributed by atoms with Gasteiger partial charge in [-0.1, -0.05) is 24.3 Å². The van der Waals surface area contributed by atoms with Crippen LogP contribution in [0.25, 0.3) is 22.3 Å². The largest absolute Gasteiger partial charge is 0.496 e. The predicted molar refractivity (Wildman–Crippen MR) is 164 cm³/mol. The van der Waals surface area contributed by atoms with Crippen LogP contribution in [0.3, 0.4) is 0 Å². The van der Waals surface area contributed by atoms with Crippen molar-refractivity contribution >= 4 is 12.1 Å². The second-order valence-corrected chi connectivity index (χ2v) is 12.0. The molecule has 1 fully saturated rings. The molecule has 3 atom stereocenters. The number of methoxy groups -OCH3 is 1. The number of hydrogen-bond donors (Lipinski definition) is 1. The minimum absolute atomic E-state index is 0.00381. The van der Waals surface area contributed by atoms with Crippen LogP contribution in [0.4, 0.5) is 48.7 Å². The number of nitrogens with zero attached hydrogens (tertiary/aromatic N) is 1. The van der Waals surface area contributed by atoms with Gasteiger partial charge in [-0.05, 0) is 83.3 Å². The molecule has 272 valence electrons. The number of carbonyl (C=O) groups is 2. The maximum Gasteiger partial charge on any atom is 0.416 e. The van der Waals surface area contributed by atoms with Gasteiger partial charge in [0.2, 0.25) is 0 Å². The Hall–Kier alpha value is -5.54. The van der Waals surface area contributed by atoms with Gasteiger partial charge in [0.15, 0.2) is 6.10 Å². The number of cyclic esters (lactones) is 1. The first-order valence-corrected chi connectivity index (χ1v) is 15.1. The highest BCUT2D eigenvalue weighted by Gasteiger charge is 2.49. The molecule has 1 unspecified atom stereocenters. The maximum absolute atomic E-state index is 15.5. The molecule has 6 nitrogen and oxygen atoms in total. The fraction of sp³-hybridized carbons (Fsp3) is 0.222. The molecule has 0 aromatic heterocycles. The number of halogens is 10. The number of hydrogen-bond acceptors (Lipinski definition) is 4. The summed E-state index contributed by atoms with van der Waals surface area (Å²) >= 11 is 0. The van der Waals surface area contributed by atoms with Crippen molar-refractivity contribution in [3.05, 3.63) is 124 Å². The molecule has 2 aliphatic heterocycles. The molecule has 52 heavy (non-hydrogen) atoms. The first-order chi connectivity index (χ1) is 24.2. The van der Waals surface area contributed by atoms with Crippen molar-refractivity contribution < 1.29 is 68.1 Å². The Morgan fingerprint density at radius 1 is 0.750 bits per heavy atom. The fourth-order valence-electron chi connectivity index (χ4n) is 6.44. The van der Waals surface area contributed by atoms with Crippen LogP contribution in [-0.2, 0) is 23.3 Å². The first-order valence-electron chi connectivity index (χ1n) is 15.1. The van der Waals surface area contributed by atoms with Crippen molar-refractivity contribution in [3.63, 3.8) is 0 Å². The van der Waals surface area contributed by atoms with Crippen LogP contribution in [0.5, 0.6) is 5.75 Å². The number of alkyl halides is 9. The number of ether oxygens (including phenoxy) is 2. The third-order valence-corrected chi connectivity index (χ3v) is 8.84. The molecule has 1 amide bonds. The Kier molecular flexibility index (Phi) is 8.78. The molecule has 4 aromatic rings. The quantitative estimate of drug-likeness (QED) is 0.157. The lowest BCUT2D eigenvalue weighted by atomic mass is 9.89. The fourth-order valence-corrected chi connectivity index (χ4v) is 6.44. The van der Waals surface area contributed by atoms with Crippen molar-refractivity contribution in [2.45, 2.75) is 43.6 Å². The van der Waals surface area contributed by atoms with E-state index in [2.05, 4.69) is 0 Å². The Morgan fingerprint density at radius 2 is 1.37 bits per heavy atom. The van der Waals surface area contributed by atoms with E-state index in [1.807, 2.05) is 0 Å². The minimum atomic E-state index is -5.21. The number of fused-ring (bicyclic) bond motifs is 1. The zero-order chi connectivity index (χ0) is 38.1. The van der Waals surface area contributed by atoms with Crippen molar-refractivity contribution in [2.75, 3.05) is 7.11 Å². The zero-order valence-electron chi connectivity index (χ0n) is 26.5. The topological polar surface area (TPSA) is 76.1 Å². The molecule has 6 rings (SSSR count). The van der Waals surface area contributed by atoms with Gasteiger partial charge in [0.1, 0.15) is 11.6 Å². The molecule has 0 bridgehead atoms. The number of aryl methyl sites for hydroxylation is 1. The van der Waals surface area contributed by atoms with Gasteiger partial charge < -0.3 is 14.6 Å². The van der Waals surface area contributed by atoms with E-state index in [0.717, 1.165) is 23.1 Å². The van der Waals surface area contributed by atoms with E-state index in [1.54, 1.807) is 0 Å². The second-order valence-electron chi connectivity index (χ2n) is 12.0. The highest BCUT2D eigenvalue weighted by Crippen LogP contribution is 2.49. The molecular formula is C36H23F10NO5. The van der Waals surface area contributed by atoms with Crippen molar-refractivity contribution in [3.8, 4) is 28.0 Å². The summed E-state index contributed by atoms with van der Waals surface area (Å²) in [6.45, 7) is 1.52. The molecule has 2 heterocycles. The summed E-state index contributed by atoms with van der Waals surface area (Å²) in [5, 5.41) is 9.35. The summed E-state index contributed by atoms with van der Waals surface area (Å²) in [5.41, 5.74) is -4.87. The van der Waals surface area contributed by atoms with Gasteiger partial charge >= 0.3 is 30.6 Å². The van der Waals surface area contributed by atoms with Crippen molar-refractivity contribution in [2.24, 2.45) is 0 Å². The number of benzene rings is 4. The number of carboxylic acids is 1. The summed E-state index contributed by atoms with van der Waals surface area (Å²) < 4.78 is 150. The van der Waals surface area contributed by atoms with Crippen LogP contribution in [0, 0.1) is 12.7 Å². The monoisotopic (exact) mass is 739 g/mol. The lowest BCUT2D eigenvalue weighted by molar-refractivity contribution is -0.143. The Labute approximate surface area is 287 Å². The molecule has 4 aromatic carbocycles. The molecule has 1 N–H and O–H groups in total. The van der Waals surface area contributed by atoms with Crippen molar-refractivity contribution in [1.29, 1.82) is 0 Å². The summed E-state index contributed by atoms with van der Waals surface area (Å²) in [6.07, 6.45) is -15.8. The van der Waals surface area contributed by atoms with E-state index in [9.17, 15) is 54.2 Å². The molecule has 0 radical (unpaired) electrons. The summed E-state index contributed by atoms with van der Waals surface area (Å²) in [6, 6.07) is 6.61. The first kappa shape index (κ1) is 36.3. The number of aromatic carboxylic acids is 1. The van der Waals surface area contributed by atoms with Crippen LogP contribution in [0.2, 0.25) is 0 Å². The highest BCUT2D eigenvalue weighted by molar-refractivity contribution is 5.89. The molecule has 0 spiro atoms. The third-order valence-electron chi connectivity index (χ3n) is 8.84. The predicted octanol–water partition coefficient (Wildman–Crippen LogP) is 10.4. The van der Waals surface area contributed by atoms with E-state index >= 15 is 4.39 Å². The molecule has 16 heteroatoms. The van der Waals surface area contributed by atoms with Gasteiger partial charge in [-0.2, -0.15) is 39.5 Å². The van der Waals surface area contributed by atoms with Gasteiger partial charge in [-0.3, -0.25) is 4.90 Å². The van der Waals surface area contributed by atoms with Crippen LogP contribution < -0.4 is 4.74 Å². The van der Waals surface area contributed by atoms with Gasteiger partial charge in [0.05, 0.1) is 41.4 Å². The van der Waals surface area contributed by atoms with Gasteiger partial charge in [-0.15, -0.1) is 0 Å². The third kappa shape index (κ3) is 6.52. The van der Waals surface area contributed by atoms with Gasteiger partial charge in [0.25, 0.3) is 0 Å². The van der Waals surface area contributed by atoms with Crippen LogP contribution in [0.1, 0.15) is 55.9 Å². The lowest BCUT2D eigenvalue weighted by Crippen LogP contribution is -2.32. The molecule has 0 aliphatic carbocycles. The number of amides is 1. The Bertz CT molecular complexity index is 2110. The van der Waals surface area contributed by atoms with E-state index < -0.39 is 76.9 Å². The maximum atomic E-state index is 15.5. The molecule has 2 aliphatic rings. The average Bonchev–Trinajstić information content (AvgIpc) is 3.64. The summed E-state index contributed by atoms with van der Waals surface area (Å²) in [4.78, 5) is 25.7. The SMILES string of the molecule is COc1cc(F)c(-c2ccc(C(=O)O)cc2C)cc1-c1ccc(C(F)(F)F)cc1[C@@H]1C=CC2[C@@H](c3cc(C(F)(F)F)cc(C(F)(F)F)c3)OC(=O)N21. The zero-order valence-corrected chi connectivity index (χ0v) is 26.5. The number of rotatable bonds is 6. The summed E-state index contributed by atoms with van der Waals surface area (Å²) in [5.74, 6) is -2.21. The molecular weight excluding hydrogens is 716 g/mol. The van der Waals surface area contributed by atoms with E-state index in [4.69, 9.17) is 9.47 Å². The average molecular weight is 740 g/mol. The lowest BCUT2D eigenvalue weighted by Gasteiger charge is -2.26. The second kappa shape index (κ2) is 12.6. The van der Waals surface area contributed by atoms with Crippen LogP contribution in [-0.4, -0.2) is 35.2 Å². The Balaban J connectivity index is 1.49. The number of carbonyl (C=O) groups excluding carboxylic acids is 1. The van der Waals surface area contributed by atoms with Crippen LogP contribution in [0.15, 0.2) is 78.9 Å². The van der Waals surface area contributed by atoms with E-state index in [0.29, 0.717) is 23.8 Å². The number of carboxylic acid groups (broad SMARTS) is 1. The van der Waals surface area contributed by atoms with Gasteiger partial charge in [-0.25, -0.2) is 14.0 Å². The van der Waals surface area contributed by atoms with Gasteiger partial charge in [0, 0.05) is 17.2 Å². The van der Waals surface area contributed by atoms with E-state index in [-0.39, 0.29) is 45.2 Å². The normalized spacial score (nSPS) is 18.8. The molecule has 0 saturated carbocycles. The molecule has 1 saturated heterocycles. The van der Waals surface area contributed by atoms with Crippen molar-refractivity contribution in [1.82, 2.24) is 4.90 Å². The Morgan fingerprint density at radius 3 is 1.92 bits per heavy atom. The smallest absolute Gasteiger partial charge is 0.416 e.